The SMILES string of the molecule is CCN(CC)CCNC(=O)c1c(C)[nH]c(/C=C2/C(=O)Nc3ccc(OC(=O)[C@H](C)O)cc32)c1C.CCN(CC)CCNC(=O)c1c(C)[nH]c(/C=C2\C(=O)Nc3ccc(O)cc32)c1C.CCN(CC)CCNC(=O)c1c(C)[nH]c(/C=C2\C(=O)Nc3ccc(OC(=O)[C@H](C)O[Si](c4ccccc4)(c4ccccc4)C(C)(C)C)cc32)c1C.C[C@H](O[Si](c1ccccc1)(c1ccccc1)C(C)(C)C)C(=O)O[C@H](C)C(=O)O[C@H](C)C(=O)O. The topological polar surface area (TPSA) is 433 Å². The predicted octanol–water partition coefficient (Wildman–Crippen LogP) is 14.3. The first-order valence-electron chi connectivity index (χ1n) is 49.8. The number of ether oxygens (including phenoxy) is 4. The fourth-order valence-electron chi connectivity index (χ4n) is 18.2. The third kappa shape index (κ3) is 27.7. The summed E-state index contributed by atoms with van der Waals surface area (Å²) in [6.45, 7) is 53.2. The molecule has 5 atom stereocenters. The normalized spacial score (nSPS) is 14.5. The summed E-state index contributed by atoms with van der Waals surface area (Å²) in [7, 11) is -5.99. The number of aryl methyl sites for hydroxylation is 3. The number of fused-ring (bicyclic) bond motifs is 3. The van der Waals surface area contributed by atoms with Crippen LogP contribution in [0, 0.1) is 41.5 Å². The molecule has 6 heterocycles. The van der Waals surface area contributed by atoms with E-state index >= 15 is 0 Å². The zero-order chi connectivity index (χ0) is 108. The molecule has 3 aliphatic heterocycles. The fraction of sp³-hybridized carbons (Fsp3) is 0.372. The highest BCUT2D eigenvalue weighted by molar-refractivity contribution is 7.00. The quantitative estimate of drug-likeness (QED) is 0.00562. The second-order valence-corrected chi connectivity index (χ2v) is 46.9. The van der Waals surface area contributed by atoms with Crippen molar-refractivity contribution >= 4 is 155 Å². The maximum Gasteiger partial charge on any atom is 0.347 e. The summed E-state index contributed by atoms with van der Waals surface area (Å²) in [5.74, 6) is -4.90. The van der Waals surface area contributed by atoms with Gasteiger partial charge in [0.1, 0.15) is 35.6 Å². The summed E-state index contributed by atoms with van der Waals surface area (Å²) >= 11 is 0. The molecule has 13 rings (SSSR count). The number of aliphatic hydroxyl groups excluding tert-OH is 1. The molecule has 3 aromatic heterocycles. The molecule has 0 spiro atoms. The number of nitrogens with zero attached hydrogens (tertiary/aromatic N) is 3. The Morgan fingerprint density at radius 3 is 0.952 bits per heavy atom. The van der Waals surface area contributed by atoms with Crippen LogP contribution in [0.2, 0.25) is 10.1 Å². The Hall–Kier alpha value is -14.2. The molecule has 0 radical (unpaired) electrons. The molecule has 7 aromatic carbocycles. The van der Waals surface area contributed by atoms with Crippen molar-refractivity contribution in [3.8, 4) is 17.2 Å². The van der Waals surface area contributed by atoms with Gasteiger partial charge in [-0.15, -0.1) is 0 Å². The molecule has 0 saturated carbocycles. The summed E-state index contributed by atoms with van der Waals surface area (Å²) in [4.78, 5) is 155. The first-order valence-corrected chi connectivity index (χ1v) is 53.7. The number of aromatic hydroxyl groups is 1. The lowest BCUT2D eigenvalue weighted by Gasteiger charge is -2.44. The maximum atomic E-state index is 13.7. The van der Waals surface area contributed by atoms with E-state index in [0.29, 0.717) is 115 Å². The van der Waals surface area contributed by atoms with Crippen LogP contribution in [-0.2, 0) is 56.7 Å². The van der Waals surface area contributed by atoms with Crippen molar-refractivity contribution in [1.82, 2.24) is 45.6 Å². The van der Waals surface area contributed by atoms with Gasteiger partial charge in [-0.1, -0.05) is 204 Å². The van der Waals surface area contributed by atoms with E-state index in [-0.39, 0.29) is 57.0 Å². The summed E-state index contributed by atoms with van der Waals surface area (Å²) in [6, 6.07) is 54.6. The van der Waals surface area contributed by atoms with Crippen LogP contribution in [0.5, 0.6) is 17.2 Å². The highest BCUT2D eigenvalue weighted by atomic mass is 28.4. The number of carboxylic acids is 1. The van der Waals surface area contributed by atoms with Crippen molar-refractivity contribution < 1.29 is 95.9 Å². The number of aliphatic carboxylic acids is 1. The lowest BCUT2D eigenvalue weighted by molar-refractivity contribution is -0.177. The number of esters is 4. The Balaban J connectivity index is 0.000000206. The summed E-state index contributed by atoms with van der Waals surface area (Å²) < 4.78 is 34.8. The van der Waals surface area contributed by atoms with Gasteiger partial charge in [0.2, 0.25) is 0 Å². The van der Waals surface area contributed by atoms with Crippen molar-refractivity contribution in [2.45, 2.75) is 200 Å². The number of nitrogens with one attached hydrogen (secondary N) is 9. The second-order valence-electron chi connectivity index (χ2n) is 38.4. The molecule has 147 heavy (non-hydrogen) atoms. The monoisotopic (exact) mass is 2040 g/mol. The Morgan fingerprint density at radius 1 is 0.381 bits per heavy atom. The summed E-state index contributed by atoms with van der Waals surface area (Å²) in [5.41, 5.74) is 13.1. The number of rotatable bonds is 38. The number of hydrogen-bond acceptors (Lipinski definition) is 22. The molecule has 32 nitrogen and oxygen atoms in total. The van der Waals surface area contributed by atoms with Crippen LogP contribution in [0.1, 0.15) is 216 Å². The molecule has 0 bridgehead atoms. The summed E-state index contributed by atoms with van der Waals surface area (Å²) in [6.07, 6.45) is -0.579. The minimum Gasteiger partial charge on any atom is -0.508 e. The zero-order valence-corrected chi connectivity index (χ0v) is 90.5. The summed E-state index contributed by atoms with van der Waals surface area (Å²) in [5, 5.41) is 49.0. The molecule has 0 saturated heterocycles. The molecule has 34 heteroatoms. The van der Waals surface area contributed by atoms with Gasteiger partial charge in [0.15, 0.2) is 12.2 Å². The molecule has 782 valence electrons. The van der Waals surface area contributed by atoms with E-state index in [0.717, 1.165) is 108 Å². The van der Waals surface area contributed by atoms with Crippen LogP contribution in [0.3, 0.4) is 0 Å². The fourth-order valence-corrected chi connectivity index (χ4v) is 27.5. The number of aliphatic hydroxyl groups is 1. The van der Waals surface area contributed by atoms with E-state index < -0.39 is 77.0 Å². The average molecular weight is 2040 g/mol. The second kappa shape index (κ2) is 51.2. The Labute approximate surface area is 862 Å². The number of aromatic amines is 3. The van der Waals surface area contributed by atoms with Gasteiger partial charge in [-0.05, 0) is 236 Å². The third-order valence-electron chi connectivity index (χ3n) is 26.4. The molecule has 10 aromatic rings. The van der Waals surface area contributed by atoms with E-state index in [1.165, 1.54) is 26.8 Å². The number of carbonyl (C=O) groups is 11. The number of likely N-dealkylation sites (N-methyl/N-ethyl adjacent to an activating group) is 3. The van der Waals surface area contributed by atoms with Crippen molar-refractivity contribution in [3.63, 3.8) is 0 Å². The van der Waals surface area contributed by atoms with Crippen molar-refractivity contribution in [2.24, 2.45) is 0 Å². The van der Waals surface area contributed by atoms with E-state index in [4.69, 9.17) is 32.9 Å². The van der Waals surface area contributed by atoms with E-state index in [2.05, 4.69) is 169 Å². The lowest BCUT2D eigenvalue weighted by atomic mass is 10.0. The van der Waals surface area contributed by atoms with Crippen LogP contribution < -0.4 is 62.1 Å². The minimum absolute atomic E-state index is 0.0961. The number of phenolic OH excluding ortho intramolecular Hbond substituents is 1. The van der Waals surface area contributed by atoms with Gasteiger partial charge in [-0.3, -0.25) is 28.8 Å². The van der Waals surface area contributed by atoms with Gasteiger partial charge < -0.3 is 105 Å². The molecular weight excluding hydrogens is 1900 g/mol. The van der Waals surface area contributed by atoms with Crippen LogP contribution in [0.15, 0.2) is 176 Å². The number of anilines is 3. The average Bonchev–Trinajstić information content (AvgIpc) is 1.45. The molecule has 0 aliphatic carbocycles. The molecule has 12 N–H and O–H groups in total. The number of phenols is 1. The largest absolute Gasteiger partial charge is 0.508 e. The maximum absolute atomic E-state index is 13.7. The molecule has 6 amide bonds. The number of carboxylic acid groups (broad SMARTS) is 1. The molecular formula is C113H142N12O20Si2. The van der Waals surface area contributed by atoms with Crippen LogP contribution >= 0.6 is 0 Å². The van der Waals surface area contributed by atoms with Gasteiger partial charge in [0.05, 0.1) is 33.4 Å². The standard InChI is InChI=1S/C41H50N4O5Si.C25H32N4O5.C25H32O7Si.C22H28N4O3/c1-9-45(10-2)24-23-42-39(47)37-27(3)36(43-28(37)4)26-34-33-25-30(21-22-35(33)44-38(34)46)49-40(48)29(5)50-51(41(6,7)8,31-17-13-11-14-18-31)32-19-15-12-16-20-32;1-6-29(7-2)11-10-26-24(32)22-14(3)21(27-15(22)4)13-19-18-12-17(34-25(33)16(5)30)8-9-20(18)28-23(19)31;1-17(22(26)27)30-23(28)18(2)31-24(29)19(3)32-33(25(4,5)6,20-13-9-7-10-14-20)21-15-11-8-12-16-21;1-5-26(6-2)10-9-23-22(29)20-13(3)19(24-14(20)4)12-17-16-11-15(27)7-8-18(16)25-21(17)28/h11-22,25-26,29,43H,9-10,23-24H2,1-8H3,(H,42,47)(H,44,46);8-9,12-13,16,27,30H,6-7,10-11H2,1-5H3,(H,26,32)(H,28,31);7-19H,1-6H3,(H,26,27);7-8,11-12,24,27H,5-6,9-10H2,1-4H3,(H,23,29)(H,25,28)/b34-26-;19-13+;;17-12-/t29-;16-;17-,18-,19+;/m001./s1. The van der Waals surface area contributed by atoms with Gasteiger partial charge in [-0.25, -0.2) is 24.0 Å². The number of hydrogen-bond donors (Lipinski definition) is 12. The van der Waals surface area contributed by atoms with E-state index in [1.807, 2.05) is 139 Å². The van der Waals surface area contributed by atoms with Crippen LogP contribution in [0.25, 0.3) is 34.9 Å². The van der Waals surface area contributed by atoms with Gasteiger partial charge in [0, 0.05) is 107 Å². The minimum atomic E-state index is -3.00. The van der Waals surface area contributed by atoms with Crippen LogP contribution in [0.4, 0.5) is 17.1 Å². The molecule has 0 unspecified atom stereocenters. The predicted molar refractivity (Wildman–Crippen MR) is 580 cm³/mol. The lowest BCUT2D eigenvalue weighted by Crippen LogP contribution is -2.68. The Kier molecular flexibility index (Phi) is 40.0. The number of benzene rings is 7. The first kappa shape index (κ1) is 115. The highest BCUT2D eigenvalue weighted by Crippen LogP contribution is 2.43. The van der Waals surface area contributed by atoms with Gasteiger partial charge >= 0.3 is 29.8 Å². The first-order chi connectivity index (χ1) is 69.7. The van der Waals surface area contributed by atoms with Gasteiger partial charge in [0.25, 0.3) is 52.1 Å². The van der Waals surface area contributed by atoms with Crippen molar-refractivity contribution in [2.75, 3.05) is 94.5 Å². The van der Waals surface area contributed by atoms with Crippen molar-refractivity contribution in [3.05, 3.63) is 260 Å². The Morgan fingerprint density at radius 2 is 0.660 bits per heavy atom. The van der Waals surface area contributed by atoms with Crippen molar-refractivity contribution in [1.29, 1.82) is 0 Å². The van der Waals surface area contributed by atoms with Crippen LogP contribution in [-0.4, -0.2) is 236 Å². The highest BCUT2D eigenvalue weighted by Gasteiger charge is 2.54. The van der Waals surface area contributed by atoms with Gasteiger partial charge in [-0.2, -0.15) is 0 Å². The molecule has 3 aliphatic rings. The smallest absolute Gasteiger partial charge is 0.347 e. The number of H-pyrrole nitrogens is 3. The number of amides is 6. The van der Waals surface area contributed by atoms with E-state index in [1.54, 1.807) is 80.6 Å². The third-order valence-corrected chi connectivity index (χ3v) is 36.6. The zero-order valence-electron chi connectivity index (χ0n) is 88.5. The Bertz CT molecular complexity index is 6400. The van der Waals surface area contributed by atoms with E-state index in [9.17, 15) is 63.0 Å². The molecule has 0 fully saturated rings. The number of aromatic nitrogens is 3. The number of carbonyl (C=O) groups excluding carboxylic acids is 10.